The quantitative estimate of drug-likeness (QED) is 0.786. The smallest absolute Gasteiger partial charge is 0.263 e. The molecule has 27 heavy (non-hydrogen) atoms. The maximum absolute atomic E-state index is 12.7. The standard InChI is InChI=1S/C19H18Cl2N2O3S/c20-14-5-7-16(21)18(11-14)27(25,26)22-15-6-8-17-13(10-15)2-1-9-23(17)19(24)12-3-4-12/h5-8,10-12,22H,1-4,9H2. The van der Waals surface area contributed by atoms with Gasteiger partial charge in [0.25, 0.3) is 10.0 Å². The highest BCUT2D eigenvalue weighted by molar-refractivity contribution is 7.92. The maximum Gasteiger partial charge on any atom is 0.263 e. The Kier molecular flexibility index (Phi) is 4.82. The van der Waals surface area contributed by atoms with E-state index in [4.69, 9.17) is 23.2 Å². The Labute approximate surface area is 168 Å². The Morgan fingerprint density at radius 2 is 1.89 bits per heavy atom. The van der Waals surface area contributed by atoms with Crippen LogP contribution in [0.2, 0.25) is 10.0 Å². The Hall–Kier alpha value is -1.76. The van der Waals surface area contributed by atoms with E-state index in [0.717, 1.165) is 36.9 Å². The minimum Gasteiger partial charge on any atom is -0.312 e. The van der Waals surface area contributed by atoms with E-state index in [1.54, 1.807) is 12.1 Å². The third kappa shape index (κ3) is 3.79. The molecule has 0 aromatic heterocycles. The molecule has 4 rings (SSSR count). The van der Waals surface area contributed by atoms with Gasteiger partial charge >= 0.3 is 0 Å². The number of aryl methyl sites for hydroxylation is 1. The van der Waals surface area contributed by atoms with Gasteiger partial charge < -0.3 is 4.90 Å². The number of rotatable bonds is 4. The highest BCUT2D eigenvalue weighted by Gasteiger charge is 2.35. The summed E-state index contributed by atoms with van der Waals surface area (Å²) in [7, 11) is -3.87. The molecule has 0 bridgehead atoms. The van der Waals surface area contributed by atoms with Crippen molar-refractivity contribution in [1.82, 2.24) is 0 Å². The lowest BCUT2D eigenvalue weighted by atomic mass is 10.0. The fourth-order valence-electron chi connectivity index (χ4n) is 3.33. The molecule has 1 aliphatic heterocycles. The summed E-state index contributed by atoms with van der Waals surface area (Å²) in [6.07, 6.45) is 3.59. The predicted molar refractivity (Wildman–Crippen MR) is 107 cm³/mol. The summed E-state index contributed by atoms with van der Waals surface area (Å²) >= 11 is 11.9. The van der Waals surface area contributed by atoms with Crippen molar-refractivity contribution in [3.05, 3.63) is 52.0 Å². The molecule has 142 valence electrons. The van der Waals surface area contributed by atoms with Crippen LogP contribution in [0.4, 0.5) is 11.4 Å². The van der Waals surface area contributed by atoms with Crippen molar-refractivity contribution in [2.24, 2.45) is 5.92 Å². The maximum atomic E-state index is 12.7. The van der Waals surface area contributed by atoms with Gasteiger partial charge in [-0.25, -0.2) is 8.42 Å². The van der Waals surface area contributed by atoms with Gasteiger partial charge in [-0.1, -0.05) is 23.2 Å². The lowest BCUT2D eigenvalue weighted by Gasteiger charge is -2.30. The number of hydrogen-bond donors (Lipinski definition) is 1. The van der Waals surface area contributed by atoms with Crippen molar-refractivity contribution in [2.45, 2.75) is 30.6 Å². The SMILES string of the molecule is O=C(C1CC1)N1CCCc2cc(NS(=O)(=O)c3cc(Cl)ccc3Cl)ccc21. The molecule has 0 spiro atoms. The lowest BCUT2D eigenvalue weighted by Crippen LogP contribution is -2.36. The molecular formula is C19H18Cl2N2O3S. The zero-order chi connectivity index (χ0) is 19.2. The molecule has 5 nitrogen and oxygen atoms in total. The van der Waals surface area contributed by atoms with Gasteiger partial charge in [0.1, 0.15) is 4.90 Å². The van der Waals surface area contributed by atoms with Gasteiger partial charge in [-0.15, -0.1) is 0 Å². The minimum absolute atomic E-state index is 0.0695. The van der Waals surface area contributed by atoms with Gasteiger partial charge in [0.05, 0.1) is 5.02 Å². The summed E-state index contributed by atoms with van der Waals surface area (Å²) in [5.74, 6) is 0.328. The van der Waals surface area contributed by atoms with Crippen molar-refractivity contribution in [1.29, 1.82) is 0 Å². The van der Waals surface area contributed by atoms with E-state index >= 15 is 0 Å². The number of hydrogen-bond acceptors (Lipinski definition) is 3. The van der Waals surface area contributed by atoms with Crippen LogP contribution in [0.1, 0.15) is 24.8 Å². The van der Waals surface area contributed by atoms with Gasteiger partial charge in [-0.3, -0.25) is 9.52 Å². The fraction of sp³-hybridized carbons (Fsp3) is 0.316. The Bertz CT molecular complexity index is 1020. The molecule has 1 aliphatic carbocycles. The molecule has 1 amide bonds. The van der Waals surface area contributed by atoms with Crippen LogP contribution in [0, 0.1) is 5.92 Å². The highest BCUT2D eigenvalue weighted by atomic mass is 35.5. The molecule has 1 saturated carbocycles. The molecule has 0 radical (unpaired) electrons. The number of amides is 1. The number of sulfonamides is 1. The van der Waals surface area contributed by atoms with Gasteiger partial charge in [0, 0.05) is 28.9 Å². The van der Waals surface area contributed by atoms with Gasteiger partial charge in [-0.05, 0) is 67.6 Å². The molecule has 1 N–H and O–H groups in total. The number of nitrogens with zero attached hydrogens (tertiary/aromatic N) is 1. The van der Waals surface area contributed by atoms with Crippen LogP contribution in [-0.2, 0) is 21.2 Å². The van der Waals surface area contributed by atoms with E-state index in [1.807, 2.05) is 11.0 Å². The van der Waals surface area contributed by atoms with Crippen LogP contribution in [0.5, 0.6) is 0 Å². The molecule has 2 aliphatic rings. The normalized spacial score (nSPS) is 16.7. The van der Waals surface area contributed by atoms with Crippen molar-refractivity contribution in [3.8, 4) is 0 Å². The molecule has 2 aromatic rings. The Morgan fingerprint density at radius 3 is 2.63 bits per heavy atom. The topological polar surface area (TPSA) is 66.5 Å². The van der Waals surface area contributed by atoms with Crippen LogP contribution in [-0.4, -0.2) is 20.9 Å². The van der Waals surface area contributed by atoms with Crippen LogP contribution >= 0.6 is 23.2 Å². The predicted octanol–water partition coefficient (Wildman–Crippen LogP) is 4.48. The Balaban J connectivity index is 1.62. The van der Waals surface area contributed by atoms with Crippen molar-refractivity contribution < 1.29 is 13.2 Å². The molecule has 0 unspecified atom stereocenters. The van der Waals surface area contributed by atoms with Crippen molar-refractivity contribution in [3.63, 3.8) is 0 Å². The largest absolute Gasteiger partial charge is 0.312 e. The molecule has 0 saturated heterocycles. The number of carbonyl (C=O) groups excluding carboxylic acids is 1. The first-order chi connectivity index (χ1) is 12.8. The number of fused-ring (bicyclic) bond motifs is 1. The highest BCUT2D eigenvalue weighted by Crippen LogP contribution is 2.37. The number of anilines is 2. The molecule has 1 heterocycles. The summed E-state index contributed by atoms with van der Waals surface area (Å²) in [6.45, 7) is 0.714. The first-order valence-electron chi connectivity index (χ1n) is 8.77. The second-order valence-electron chi connectivity index (χ2n) is 6.89. The van der Waals surface area contributed by atoms with E-state index < -0.39 is 10.0 Å². The molecule has 1 fully saturated rings. The third-order valence-corrected chi connectivity index (χ3v) is 6.92. The molecular weight excluding hydrogens is 407 g/mol. The summed E-state index contributed by atoms with van der Waals surface area (Å²) < 4.78 is 27.9. The van der Waals surface area contributed by atoms with Gasteiger partial charge in [0.15, 0.2) is 0 Å². The number of carbonyl (C=O) groups is 1. The third-order valence-electron chi connectivity index (χ3n) is 4.83. The Morgan fingerprint density at radius 1 is 1.11 bits per heavy atom. The first-order valence-corrected chi connectivity index (χ1v) is 11.0. The lowest BCUT2D eigenvalue weighted by molar-refractivity contribution is -0.119. The van der Waals surface area contributed by atoms with Crippen LogP contribution in [0.3, 0.4) is 0 Å². The molecule has 0 atom stereocenters. The van der Waals surface area contributed by atoms with Crippen molar-refractivity contribution in [2.75, 3.05) is 16.2 Å². The van der Waals surface area contributed by atoms with Crippen LogP contribution in [0.15, 0.2) is 41.3 Å². The van der Waals surface area contributed by atoms with Crippen molar-refractivity contribution >= 4 is 50.5 Å². The van der Waals surface area contributed by atoms with Crippen LogP contribution < -0.4 is 9.62 Å². The summed E-state index contributed by atoms with van der Waals surface area (Å²) in [4.78, 5) is 14.2. The van der Waals surface area contributed by atoms with Gasteiger partial charge in [-0.2, -0.15) is 0 Å². The summed E-state index contributed by atoms with van der Waals surface area (Å²) in [6, 6.07) is 9.58. The monoisotopic (exact) mass is 424 g/mol. The summed E-state index contributed by atoms with van der Waals surface area (Å²) in [5, 5.41) is 0.394. The number of nitrogens with one attached hydrogen (secondary N) is 1. The summed E-state index contributed by atoms with van der Waals surface area (Å²) in [5.41, 5.74) is 2.28. The average Bonchev–Trinajstić information content (AvgIpc) is 3.47. The number of benzene rings is 2. The van der Waals surface area contributed by atoms with E-state index in [2.05, 4.69) is 4.72 Å². The second kappa shape index (κ2) is 7.00. The van der Waals surface area contributed by atoms with E-state index in [9.17, 15) is 13.2 Å². The van der Waals surface area contributed by atoms with E-state index in [0.29, 0.717) is 17.3 Å². The average molecular weight is 425 g/mol. The van der Waals surface area contributed by atoms with Crippen LogP contribution in [0.25, 0.3) is 0 Å². The number of halogens is 2. The van der Waals surface area contributed by atoms with E-state index in [1.165, 1.54) is 18.2 Å². The van der Waals surface area contributed by atoms with Gasteiger partial charge in [0.2, 0.25) is 5.91 Å². The second-order valence-corrected chi connectivity index (χ2v) is 9.39. The van der Waals surface area contributed by atoms with E-state index in [-0.39, 0.29) is 21.7 Å². The zero-order valence-corrected chi connectivity index (χ0v) is 16.7. The molecule has 8 heteroatoms. The fourth-order valence-corrected chi connectivity index (χ4v) is 5.15. The molecule has 2 aromatic carbocycles. The zero-order valence-electron chi connectivity index (χ0n) is 14.4. The first kappa shape index (κ1) is 18.6. The minimum atomic E-state index is -3.87.